The van der Waals surface area contributed by atoms with Gasteiger partial charge in [0.05, 0.1) is 4.90 Å². The van der Waals surface area contributed by atoms with Crippen LogP contribution in [0.3, 0.4) is 0 Å². The second-order valence-electron chi connectivity index (χ2n) is 9.97. The van der Waals surface area contributed by atoms with Crippen molar-refractivity contribution < 1.29 is 17.7 Å². The zero-order valence-corrected chi connectivity index (χ0v) is 22.4. The van der Waals surface area contributed by atoms with Crippen LogP contribution in [0.1, 0.15) is 27.8 Å². The molecule has 1 aliphatic carbocycles. The van der Waals surface area contributed by atoms with Crippen molar-refractivity contribution in [2.45, 2.75) is 23.8 Å². The number of benzene rings is 5. The quantitative estimate of drug-likeness (QED) is 0.228. The van der Waals surface area contributed by atoms with Crippen molar-refractivity contribution in [1.29, 1.82) is 0 Å². The van der Waals surface area contributed by atoms with Gasteiger partial charge in [-0.3, -0.25) is 4.18 Å². The van der Waals surface area contributed by atoms with E-state index in [0.29, 0.717) is 17.5 Å². The summed E-state index contributed by atoms with van der Waals surface area (Å²) in [5.41, 5.74) is 6.49. The number of fused-ring (bicyclic) bond motifs is 3. The molecule has 0 radical (unpaired) electrons. The second-order valence-corrected chi connectivity index (χ2v) is 11.6. The van der Waals surface area contributed by atoms with Crippen molar-refractivity contribution in [3.05, 3.63) is 149 Å². The summed E-state index contributed by atoms with van der Waals surface area (Å²) in [6.07, 6.45) is 0.626. The fourth-order valence-corrected chi connectivity index (χ4v) is 6.42. The molecule has 0 fully saturated rings. The molecule has 0 bridgehead atoms. The zero-order valence-electron chi connectivity index (χ0n) is 21.5. The van der Waals surface area contributed by atoms with E-state index in [2.05, 4.69) is 18.2 Å². The molecule has 1 N–H and O–H groups in total. The third-order valence-corrected chi connectivity index (χ3v) is 8.75. The van der Waals surface area contributed by atoms with E-state index < -0.39 is 22.3 Å². The third kappa shape index (κ3) is 4.59. The van der Waals surface area contributed by atoms with Crippen LogP contribution < -0.4 is 0 Å². The molecule has 0 aromatic heterocycles. The fourth-order valence-electron chi connectivity index (χ4n) is 5.49. The summed E-state index contributed by atoms with van der Waals surface area (Å²) in [4.78, 5) is 0.0532. The Kier molecular flexibility index (Phi) is 6.43. The van der Waals surface area contributed by atoms with E-state index in [4.69, 9.17) is 4.18 Å². The Hall–Kier alpha value is -4.03. The molecule has 0 saturated carbocycles. The molecule has 39 heavy (non-hydrogen) atoms. The van der Waals surface area contributed by atoms with Crippen LogP contribution in [0.2, 0.25) is 0 Å². The molecule has 6 rings (SSSR count). The highest BCUT2D eigenvalue weighted by Gasteiger charge is 2.40. The lowest BCUT2D eigenvalue weighted by Gasteiger charge is -2.33. The monoisotopic (exact) mass is 532 g/mol. The van der Waals surface area contributed by atoms with Crippen LogP contribution in [0.5, 0.6) is 0 Å². The largest absolute Gasteiger partial charge is 0.378 e. The first kappa shape index (κ1) is 25.3. The maximum absolute atomic E-state index is 13.3. The molecule has 1 aliphatic rings. The smallest absolute Gasteiger partial charge is 0.297 e. The molecule has 0 saturated heterocycles. The third-order valence-electron chi connectivity index (χ3n) is 7.47. The SMILES string of the molecule is Cc1ccc(S(=O)(=O)OCC(O)(c2ccccc2)c2c(-c3ccccc3)ccc3c2Cc2ccccc2-3)cc1. The van der Waals surface area contributed by atoms with E-state index in [1.54, 1.807) is 12.1 Å². The fraction of sp³-hybridized carbons (Fsp3) is 0.118. The summed E-state index contributed by atoms with van der Waals surface area (Å²) in [6, 6.07) is 37.9. The highest BCUT2D eigenvalue weighted by Crippen LogP contribution is 2.47. The minimum absolute atomic E-state index is 0.0532. The lowest BCUT2D eigenvalue weighted by molar-refractivity contribution is 0.0299. The second kappa shape index (κ2) is 9.93. The first-order valence-electron chi connectivity index (χ1n) is 12.9. The Labute approximate surface area is 229 Å². The minimum Gasteiger partial charge on any atom is -0.378 e. The molecular formula is C34H28O4S. The van der Waals surface area contributed by atoms with Gasteiger partial charge in [-0.05, 0) is 64.4 Å². The maximum Gasteiger partial charge on any atom is 0.297 e. The van der Waals surface area contributed by atoms with Crippen molar-refractivity contribution in [2.75, 3.05) is 6.61 Å². The van der Waals surface area contributed by atoms with Gasteiger partial charge < -0.3 is 5.11 Å². The van der Waals surface area contributed by atoms with Crippen molar-refractivity contribution >= 4 is 10.1 Å². The van der Waals surface area contributed by atoms with Crippen LogP contribution in [-0.4, -0.2) is 20.1 Å². The number of rotatable bonds is 7. The summed E-state index contributed by atoms with van der Waals surface area (Å²) in [6.45, 7) is 1.42. The highest BCUT2D eigenvalue weighted by molar-refractivity contribution is 7.86. The Bertz CT molecular complexity index is 1750. The van der Waals surface area contributed by atoms with Crippen molar-refractivity contribution in [3.63, 3.8) is 0 Å². The lowest BCUT2D eigenvalue weighted by Crippen LogP contribution is -2.36. The van der Waals surface area contributed by atoms with Gasteiger partial charge in [-0.15, -0.1) is 0 Å². The number of aliphatic hydroxyl groups is 1. The Balaban J connectivity index is 1.55. The van der Waals surface area contributed by atoms with Crippen molar-refractivity contribution in [3.8, 4) is 22.3 Å². The van der Waals surface area contributed by atoms with Gasteiger partial charge in [0.25, 0.3) is 10.1 Å². The molecule has 1 atom stereocenters. The van der Waals surface area contributed by atoms with Gasteiger partial charge in [0.15, 0.2) is 0 Å². The van der Waals surface area contributed by atoms with Crippen molar-refractivity contribution in [2.24, 2.45) is 0 Å². The Morgan fingerprint density at radius 3 is 2.05 bits per heavy atom. The Morgan fingerprint density at radius 1 is 0.718 bits per heavy atom. The molecule has 5 aromatic rings. The first-order chi connectivity index (χ1) is 18.9. The van der Waals surface area contributed by atoms with Gasteiger partial charge in [0.1, 0.15) is 12.2 Å². The van der Waals surface area contributed by atoms with E-state index in [1.165, 1.54) is 17.7 Å². The van der Waals surface area contributed by atoms with Gasteiger partial charge in [0, 0.05) is 5.56 Å². The van der Waals surface area contributed by atoms with Crippen LogP contribution in [0, 0.1) is 6.92 Å². The predicted molar refractivity (Wildman–Crippen MR) is 154 cm³/mol. The molecule has 5 heteroatoms. The molecule has 0 spiro atoms. The summed E-state index contributed by atoms with van der Waals surface area (Å²) in [5.74, 6) is 0. The van der Waals surface area contributed by atoms with Crippen LogP contribution in [0.4, 0.5) is 0 Å². The summed E-state index contributed by atoms with van der Waals surface area (Å²) in [7, 11) is -4.13. The average molecular weight is 533 g/mol. The molecule has 0 amide bonds. The van der Waals surface area contributed by atoms with Crippen LogP contribution in [-0.2, 0) is 26.3 Å². The lowest BCUT2D eigenvalue weighted by atomic mass is 9.78. The van der Waals surface area contributed by atoms with Crippen LogP contribution in [0.25, 0.3) is 22.3 Å². The number of hydrogen-bond donors (Lipinski definition) is 1. The first-order valence-corrected chi connectivity index (χ1v) is 14.3. The molecule has 0 heterocycles. The van der Waals surface area contributed by atoms with Gasteiger partial charge in [-0.2, -0.15) is 8.42 Å². The minimum atomic E-state index is -4.13. The molecular weight excluding hydrogens is 504 g/mol. The van der Waals surface area contributed by atoms with E-state index in [-0.39, 0.29) is 4.90 Å². The molecule has 194 valence electrons. The number of aryl methyl sites for hydroxylation is 1. The van der Waals surface area contributed by atoms with Crippen LogP contribution in [0.15, 0.2) is 126 Å². The van der Waals surface area contributed by atoms with Gasteiger partial charge in [-0.1, -0.05) is 115 Å². The van der Waals surface area contributed by atoms with Gasteiger partial charge in [-0.25, -0.2) is 0 Å². The number of hydrogen-bond acceptors (Lipinski definition) is 4. The summed E-state index contributed by atoms with van der Waals surface area (Å²) in [5, 5.41) is 12.7. The summed E-state index contributed by atoms with van der Waals surface area (Å²) < 4.78 is 32.3. The maximum atomic E-state index is 13.3. The van der Waals surface area contributed by atoms with E-state index in [0.717, 1.165) is 33.4 Å². The van der Waals surface area contributed by atoms with E-state index in [9.17, 15) is 13.5 Å². The normalized spacial score (nSPS) is 13.9. The van der Waals surface area contributed by atoms with Crippen LogP contribution >= 0.6 is 0 Å². The Morgan fingerprint density at radius 2 is 1.33 bits per heavy atom. The zero-order chi connectivity index (χ0) is 27.0. The molecule has 4 nitrogen and oxygen atoms in total. The van der Waals surface area contributed by atoms with Gasteiger partial charge in [0.2, 0.25) is 0 Å². The molecule has 5 aromatic carbocycles. The van der Waals surface area contributed by atoms with E-state index in [1.807, 2.05) is 85.8 Å². The van der Waals surface area contributed by atoms with E-state index >= 15 is 0 Å². The molecule has 0 aliphatic heterocycles. The standard InChI is InChI=1S/C34H28O4S/c1-24-16-18-28(19-17-24)39(36,37)38-23-34(35,27-13-6-3-7-14-27)33-30(25-10-4-2-5-11-25)20-21-31-29-15-9-8-12-26(29)22-32(31)33/h2-21,35H,22-23H2,1H3. The topological polar surface area (TPSA) is 63.6 Å². The van der Waals surface area contributed by atoms with Crippen molar-refractivity contribution in [1.82, 2.24) is 0 Å². The highest BCUT2D eigenvalue weighted by atomic mass is 32.2. The molecule has 1 unspecified atom stereocenters. The predicted octanol–water partition coefficient (Wildman–Crippen LogP) is 6.87. The van der Waals surface area contributed by atoms with Gasteiger partial charge >= 0.3 is 0 Å². The average Bonchev–Trinajstić information content (AvgIpc) is 3.35. The summed E-state index contributed by atoms with van der Waals surface area (Å²) >= 11 is 0.